The van der Waals surface area contributed by atoms with Crippen molar-refractivity contribution in [2.45, 2.75) is 37.7 Å². The molecule has 14 heavy (non-hydrogen) atoms. The highest BCUT2D eigenvalue weighted by Gasteiger charge is 2.54. The number of hydrogen-bond acceptors (Lipinski definition) is 4. The largest absolute Gasteiger partial charge is 0.475 e. The third-order valence-corrected chi connectivity index (χ3v) is 3.95. The zero-order valence-electron chi connectivity index (χ0n) is 8.21. The van der Waals surface area contributed by atoms with E-state index in [0.29, 0.717) is 0 Å². The summed E-state index contributed by atoms with van der Waals surface area (Å²) in [5, 5.41) is 12.9. The number of aliphatic hydroxyl groups is 1. The van der Waals surface area contributed by atoms with E-state index in [1.165, 1.54) is 0 Å². The van der Waals surface area contributed by atoms with Crippen LogP contribution in [0.2, 0.25) is 0 Å². The second-order valence-corrected chi connectivity index (χ2v) is 4.86. The van der Waals surface area contributed by atoms with Crippen molar-refractivity contribution in [3.8, 4) is 0 Å². The van der Waals surface area contributed by atoms with Crippen molar-refractivity contribution in [1.29, 1.82) is 0 Å². The highest BCUT2D eigenvalue weighted by molar-refractivity contribution is 14.1. The minimum atomic E-state index is -0.618. The molecule has 0 radical (unpaired) electrons. The first kappa shape index (κ1) is 10.5. The fraction of sp³-hybridized carbons (Fsp3) is 0.778. The number of nitrogens with one attached hydrogen (secondary N) is 1. The van der Waals surface area contributed by atoms with Gasteiger partial charge in [-0.15, -0.1) is 0 Å². The average molecular weight is 311 g/mol. The SMILES string of the molecule is COC1CC2(C1)OC(I)=C(C)NC2O. The number of ether oxygens (including phenoxy) is 2. The van der Waals surface area contributed by atoms with Crippen LogP contribution in [0.15, 0.2) is 9.46 Å². The van der Waals surface area contributed by atoms with Gasteiger partial charge in [0, 0.05) is 42.5 Å². The van der Waals surface area contributed by atoms with Gasteiger partial charge in [-0.1, -0.05) is 0 Å². The van der Waals surface area contributed by atoms with Crippen LogP contribution < -0.4 is 5.32 Å². The van der Waals surface area contributed by atoms with E-state index in [1.54, 1.807) is 7.11 Å². The van der Waals surface area contributed by atoms with E-state index in [-0.39, 0.29) is 6.10 Å². The Morgan fingerprint density at radius 3 is 2.86 bits per heavy atom. The maximum absolute atomic E-state index is 9.85. The van der Waals surface area contributed by atoms with Crippen LogP contribution in [0, 0.1) is 0 Å². The van der Waals surface area contributed by atoms with Gasteiger partial charge in [-0.2, -0.15) is 0 Å². The zero-order chi connectivity index (χ0) is 10.3. The summed E-state index contributed by atoms with van der Waals surface area (Å²) in [6.07, 6.45) is 1.09. The zero-order valence-corrected chi connectivity index (χ0v) is 10.4. The number of halogens is 1. The van der Waals surface area contributed by atoms with Gasteiger partial charge in [-0.3, -0.25) is 0 Å². The van der Waals surface area contributed by atoms with E-state index < -0.39 is 11.8 Å². The van der Waals surface area contributed by atoms with Crippen LogP contribution >= 0.6 is 22.6 Å². The lowest BCUT2D eigenvalue weighted by Gasteiger charge is -2.51. The summed E-state index contributed by atoms with van der Waals surface area (Å²) in [5.41, 5.74) is 0.432. The number of methoxy groups -OCH3 is 1. The summed E-state index contributed by atoms with van der Waals surface area (Å²) in [5.74, 6) is 0. The Morgan fingerprint density at radius 1 is 1.64 bits per heavy atom. The summed E-state index contributed by atoms with van der Waals surface area (Å²) in [6.45, 7) is 1.89. The van der Waals surface area contributed by atoms with Crippen molar-refractivity contribution < 1.29 is 14.6 Å². The molecule has 0 amide bonds. The lowest BCUT2D eigenvalue weighted by Crippen LogP contribution is -2.63. The van der Waals surface area contributed by atoms with E-state index in [2.05, 4.69) is 27.9 Å². The first-order valence-electron chi connectivity index (χ1n) is 4.60. The molecule has 1 unspecified atom stereocenters. The molecule has 4 nitrogen and oxygen atoms in total. The molecule has 1 heterocycles. The lowest BCUT2D eigenvalue weighted by atomic mass is 9.75. The predicted octanol–water partition coefficient (Wildman–Crippen LogP) is 1.10. The smallest absolute Gasteiger partial charge is 0.176 e. The van der Waals surface area contributed by atoms with Gasteiger partial charge in [0.25, 0.3) is 0 Å². The highest BCUT2D eigenvalue weighted by atomic mass is 127. The minimum absolute atomic E-state index is 0.217. The van der Waals surface area contributed by atoms with Crippen molar-refractivity contribution in [1.82, 2.24) is 5.32 Å². The molecule has 2 N–H and O–H groups in total. The molecular formula is C9H14INO3. The van der Waals surface area contributed by atoms with Crippen LogP contribution in [0.3, 0.4) is 0 Å². The lowest BCUT2D eigenvalue weighted by molar-refractivity contribution is -0.202. The van der Waals surface area contributed by atoms with E-state index in [9.17, 15) is 5.11 Å². The van der Waals surface area contributed by atoms with Gasteiger partial charge < -0.3 is 19.9 Å². The summed E-state index contributed by atoms with van der Waals surface area (Å²) >= 11 is 2.14. The molecule has 2 rings (SSSR count). The summed E-state index contributed by atoms with van der Waals surface area (Å²) in [6, 6.07) is 0. The number of hydrogen-bond donors (Lipinski definition) is 2. The van der Waals surface area contributed by atoms with Crippen molar-refractivity contribution in [3.63, 3.8) is 0 Å². The Labute approximate surface area is 96.8 Å². The molecule has 80 valence electrons. The van der Waals surface area contributed by atoms with Gasteiger partial charge in [0.05, 0.1) is 11.8 Å². The monoisotopic (exact) mass is 311 g/mol. The number of allylic oxidation sites excluding steroid dienone is 1. The molecule has 0 saturated heterocycles. The van der Waals surface area contributed by atoms with E-state index in [0.717, 1.165) is 22.3 Å². The molecule has 1 fully saturated rings. The molecule has 1 aliphatic heterocycles. The molecule has 5 heteroatoms. The van der Waals surface area contributed by atoms with Crippen LogP contribution in [-0.2, 0) is 9.47 Å². The molecule has 1 atom stereocenters. The molecule has 0 aromatic carbocycles. The van der Waals surface area contributed by atoms with Crippen LogP contribution in [0.4, 0.5) is 0 Å². The van der Waals surface area contributed by atoms with E-state index in [4.69, 9.17) is 9.47 Å². The third kappa shape index (κ3) is 1.51. The predicted molar refractivity (Wildman–Crippen MR) is 59.7 cm³/mol. The molecule has 1 spiro atoms. The highest BCUT2D eigenvalue weighted by Crippen LogP contribution is 2.44. The van der Waals surface area contributed by atoms with Crippen LogP contribution in [-0.4, -0.2) is 30.1 Å². The Kier molecular flexibility index (Phi) is 2.65. The van der Waals surface area contributed by atoms with Gasteiger partial charge in [-0.05, 0) is 6.92 Å². The van der Waals surface area contributed by atoms with Crippen LogP contribution in [0.1, 0.15) is 19.8 Å². The Morgan fingerprint density at radius 2 is 2.29 bits per heavy atom. The molecule has 0 aromatic rings. The van der Waals surface area contributed by atoms with E-state index >= 15 is 0 Å². The van der Waals surface area contributed by atoms with Crippen LogP contribution in [0.25, 0.3) is 0 Å². The Bertz CT molecular complexity index is 273. The topological polar surface area (TPSA) is 50.7 Å². The molecule has 1 aliphatic carbocycles. The molecule has 0 bridgehead atoms. The fourth-order valence-corrected chi connectivity index (χ4v) is 2.48. The summed E-state index contributed by atoms with van der Waals surface area (Å²) < 4.78 is 11.8. The molecule has 0 aromatic heterocycles. The standard InChI is InChI=1S/C9H14INO3/c1-5-7(10)14-9(8(12)11-5)3-6(4-9)13-2/h6,8,11-12H,3-4H2,1-2H3. The second-order valence-electron chi connectivity index (χ2n) is 3.88. The van der Waals surface area contributed by atoms with E-state index in [1.807, 2.05) is 6.92 Å². The number of rotatable bonds is 1. The van der Waals surface area contributed by atoms with Crippen molar-refractivity contribution in [2.75, 3.05) is 7.11 Å². The Balaban J connectivity index is 2.09. The quantitative estimate of drug-likeness (QED) is 0.712. The number of aliphatic hydroxyl groups excluding tert-OH is 1. The maximum Gasteiger partial charge on any atom is 0.176 e. The molecular weight excluding hydrogens is 297 g/mol. The minimum Gasteiger partial charge on any atom is -0.475 e. The maximum atomic E-state index is 9.85. The normalized spacial score (nSPS) is 41.7. The van der Waals surface area contributed by atoms with Gasteiger partial charge in [0.15, 0.2) is 15.6 Å². The van der Waals surface area contributed by atoms with Gasteiger partial charge >= 0.3 is 0 Å². The summed E-state index contributed by atoms with van der Waals surface area (Å²) in [4.78, 5) is 0. The fourth-order valence-electron chi connectivity index (χ4n) is 1.89. The van der Waals surface area contributed by atoms with Gasteiger partial charge in [0.2, 0.25) is 0 Å². The van der Waals surface area contributed by atoms with Crippen molar-refractivity contribution in [2.24, 2.45) is 0 Å². The third-order valence-electron chi connectivity index (χ3n) is 2.92. The Hall–Kier alpha value is -0.0100. The van der Waals surface area contributed by atoms with Crippen molar-refractivity contribution >= 4 is 22.6 Å². The average Bonchev–Trinajstić information content (AvgIpc) is 2.07. The van der Waals surface area contributed by atoms with Gasteiger partial charge in [0.1, 0.15) is 0 Å². The second kappa shape index (κ2) is 3.53. The molecule has 2 aliphatic rings. The first-order valence-corrected chi connectivity index (χ1v) is 5.68. The molecule has 1 saturated carbocycles. The first-order chi connectivity index (χ1) is 6.57. The van der Waals surface area contributed by atoms with Crippen LogP contribution in [0.5, 0.6) is 0 Å². The van der Waals surface area contributed by atoms with Crippen molar-refractivity contribution in [3.05, 3.63) is 9.46 Å². The summed E-state index contributed by atoms with van der Waals surface area (Å²) in [7, 11) is 1.69. The van der Waals surface area contributed by atoms with Gasteiger partial charge in [-0.25, -0.2) is 0 Å².